The second-order valence-corrected chi connectivity index (χ2v) is 14.7. The minimum Gasteiger partial charge on any atom is -0.444 e. The van der Waals surface area contributed by atoms with Crippen molar-refractivity contribution in [1.82, 2.24) is 9.80 Å². The van der Waals surface area contributed by atoms with Crippen LogP contribution in [0.2, 0.25) is 0 Å². The van der Waals surface area contributed by atoms with Crippen molar-refractivity contribution in [1.29, 1.82) is 0 Å². The van der Waals surface area contributed by atoms with E-state index in [1.54, 1.807) is 9.80 Å². The maximum atomic E-state index is 12.0. The Morgan fingerprint density at radius 2 is 0.976 bits per heavy atom. The van der Waals surface area contributed by atoms with E-state index in [9.17, 15) is 19.8 Å². The van der Waals surface area contributed by atoms with Crippen LogP contribution >= 0.6 is 31.9 Å². The van der Waals surface area contributed by atoms with Crippen LogP contribution in [0.1, 0.15) is 77.3 Å². The van der Waals surface area contributed by atoms with Gasteiger partial charge in [-0.05, 0) is 89.8 Å². The number of hydrogen-bond acceptors (Lipinski definition) is 6. The van der Waals surface area contributed by atoms with Crippen molar-refractivity contribution in [2.24, 2.45) is 0 Å². The van der Waals surface area contributed by atoms with Gasteiger partial charge in [-0.1, -0.05) is 56.1 Å². The Hall–Kier alpha value is -2.14. The van der Waals surface area contributed by atoms with Crippen molar-refractivity contribution in [3.63, 3.8) is 0 Å². The minimum atomic E-state index is -0.563. The standard InChI is InChI=1S/2C16H22BrNO3/c2*1-16(2,3)21-15(20)18-9-8-13(14(19)10-18)11-4-6-12(17)7-5-11/h2*4-7,13-14,19H,8-10H2,1-3H3. The number of nitrogens with zero attached hydrogens (tertiary/aromatic N) is 2. The number of amides is 2. The fraction of sp³-hybridized carbons (Fsp3) is 0.562. The van der Waals surface area contributed by atoms with E-state index >= 15 is 0 Å². The summed E-state index contributed by atoms with van der Waals surface area (Å²) in [5.41, 5.74) is 1.19. The summed E-state index contributed by atoms with van der Waals surface area (Å²) >= 11 is 6.82. The molecule has 2 saturated heterocycles. The van der Waals surface area contributed by atoms with E-state index in [2.05, 4.69) is 31.9 Å². The number of halogens is 2. The topological polar surface area (TPSA) is 99.5 Å². The summed E-state index contributed by atoms with van der Waals surface area (Å²) in [4.78, 5) is 27.2. The number of rotatable bonds is 2. The number of carbonyl (C=O) groups excluding carboxylic acids is 2. The smallest absolute Gasteiger partial charge is 0.410 e. The maximum absolute atomic E-state index is 12.0. The number of aliphatic hydroxyl groups excluding tert-OH is 2. The van der Waals surface area contributed by atoms with Gasteiger partial charge in [0.1, 0.15) is 11.2 Å². The van der Waals surface area contributed by atoms with Gasteiger partial charge < -0.3 is 29.5 Å². The molecule has 2 fully saturated rings. The van der Waals surface area contributed by atoms with E-state index in [-0.39, 0.29) is 24.0 Å². The van der Waals surface area contributed by atoms with Crippen LogP contribution in [0.4, 0.5) is 9.59 Å². The predicted molar refractivity (Wildman–Crippen MR) is 171 cm³/mol. The molecular formula is C32H44Br2N2O6. The number of ether oxygens (including phenoxy) is 2. The number of carbonyl (C=O) groups is 2. The summed E-state index contributed by atoms with van der Waals surface area (Å²) in [5.74, 6) is 0.133. The van der Waals surface area contributed by atoms with Gasteiger partial charge >= 0.3 is 12.2 Å². The van der Waals surface area contributed by atoms with Crippen molar-refractivity contribution in [3.8, 4) is 0 Å². The van der Waals surface area contributed by atoms with Crippen LogP contribution in [0, 0.1) is 0 Å². The van der Waals surface area contributed by atoms with Gasteiger partial charge in [-0.3, -0.25) is 0 Å². The van der Waals surface area contributed by atoms with E-state index in [4.69, 9.17) is 9.47 Å². The molecule has 4 unspecified atom stereocenters. The first-order valence-electron chi connectivity index (χ1n) is 14.4. The zero-order chi connectivity index (χ0) is 31.2. The highest BCUT2D eigenvalue weighted by Gasteiger charge is 2.34. The molecule has 0 spiro atoms. The van der Waals surface area contributed by atoms with E-state index in [0.29, 0.717) is 26.2 Å². The van der Waals surface area contributed by atoms with Gasteiger partial charge in [0.15, 0.2) is 0 Å². The first-order valence-corrected chi connectivity index (χ1v) is 15.9. The van der Waals surface area contributed by atoms with Crippen molar-refractivity contribution in [2.75, 3.05) is 26.2 Å². The van der Waals surface area contributed by atoms with Gasteiger partial charge in [0.25, 0.3) is 0 Å². The van der Waals surface area contributed by atoms with Gasteiger partial charge in [0.2, 0.25) is 0 Å². The molecular weight excluding hydrogens is 668 g/mol. The third-order valence-electron chi connectivity index (χ3n) is 7.06. The summed E-state index contributed by atoms with van der Waals surface area (Å²) in [5, 5.41) is 20.7. The van der Waals surface area contributed by atoms with Crippen molar-refractivity contribution < 1.29 is 29.3 Å². The fourth-order valence-electron chi connectivity index (χ4n) is 5.05. The van der Waals surface area contributed by atoms with Gasteiger partial charge in [-0.25, -0.2) is 9.59 Å². The molecule has 0 radical (unpaired) electrons. The van der Waals surface area contributed by atoms with Crippen LogP contribution in [0.15, 0.2) is 57.5 Å². The molecule has 2 heterocycles. The SMILES string of the molecule is CC(C)(C)OC(=O)N1CCC(c2ccc(Br)cc2)C(O)C1.CC(C)(C)OC(=O)N1CCC(c2ccc(Br)cc2)C(O)C1. The summed E-state index contributed by atoms with van der Waals surface area (Å²) in [7, 11) is 0. The Labute approximate surface area is 266 Å². The van der Waals surface area contributed by atoms with E-state index < -0.39 is 23.4 Å². The van der Waals surface area contributed by atoms with Crippen LogP contribution < -0.4 is 0 Å². The lowest BCUT2D eigenvalue weighted by Gasteiger charge is -2.36. The predicted octanol–water partition coefficient (Wildman–Crippen LogP) is 7.07. The molecule has 10 heteroatoms. The quantitative estimate of drug-likeness (QED) is 0.346. The zero-order valence-electron chi connectivity index (χ0n) is 25.3. The zero-order valence-corrected chi connectivity index (χ0v) is 28.5. The summed E-state index contributed by atoms with van der Waals surface area (Å²) in [6.45, 7) is 12.9. The van der Waals surface area contributed by atoms with Crippen LogP contribution in [-0.4, -0.2) is 81.8 Å². The number of β-amino-alcohol motifs (C(OH)–C–C–N with tert-alkyl or cyclic N) is 2. The summed E-state index contributed by atoms with van der Waals surface area (Å²) in [6.07, 6.45) is -0.351. The Morgan fingerprint density at radius 1 is 0.667 bits per heavy atom. The lowest BCUT2D eigenvalue weighted by Crippen LogP contribution is -2.47. The molecule has 2 aliphatic rings. The average Bonchev–Trinajstić information content (AvgIpc) is 2.88. The van der Waals surface area contributed by atoms with Crippen LogP contribution in [-0.2, 0) is 9.47 Å². The molecule has 0 aliphatic carbocycles. The number of benzene rings is 2. The molecule has 4 atom stereocenters. The second kappa shape index (κ2) is 14.6. The van der Waals surface area contributed by atoms with E-state index in [1.807, 2.05) is 90.1 Å². The van der Waals surface area contributed by atoms with Crippen molar-refractivity contribution in [3.05, 3.63) is 68.6 Å². The van der Waals surface area contributed by atoms with E-state index in [1.165, 1.54) is 0 Å². The number of piperidine rings is 2. The van der Waals surface area contributed by atoms with Crippen molar-refractivity contribution >= 4 is 44.0 Å². The number of hydrogen-bond donors (Lipinski definition) is 2. The normalized spacial score (nSPS) is 23.0. The molecule has 0 saturated carbocycles. The Balaban J connectivity index is 0.000000230. The number of aliphatic hydroxyl groups is 2. The molecule has 8 nitrogen and oxygen atoms in total. The molecule has 2 aromatic rings. The monoisotopic (exact) mass is 710 g/mol. The highest BCUT2D eigenvalue weighted by molar-refractivity contribution is 9.10. The van der Waals surface area contributed by atoms with Crippen LogP contribution in [0.25, 0.3) is 0 Å². The average molecular weight is 713 g/mol. The molecule has 2 amide bonds. The van der Waals surface area contributed by atoms with Gasteiger partial charge in [0, 0.05) is 33.9 Å². The second-order valence-electron chi connectivity index (χ2n) is 12.9. The fourth-order valence-corrected chi connectivity index (χ4v) is 5.57. The molecule has 2 aromatic carbocycles. The Morgan fingerprint density at radius 3 is 1.24 bits per heavy atom. The molecule has 232 valence electrons. The highest BCUT2D eigenvalue weighted by Crippen LogP contribution is 2.31. The van der Waals surface area contributed by atoms with Gasteiger partial charge in [-0.2, -0.15) is 0 Å². The lowest BCUT2D eigenvalue weighted by atomic mass is 9.87. The third-order valence-corrected chi connectivity index (χ3v) is 8.12. The molecule has 2 aliphatic heterocycles. The van der Waals surface area contributed by atoms with Gasteiger partial charge in [-0.15, -0.1) is 0 Å². The van der Waals surface area contributed by atoms with Crippen LogP contribution in [0.5, 0.6) is 0 Å². The molecule has 4 rings (SSSR count). The highest BCUT2D eigenvalue weighted by atomic mass is 79.9. The lowest BCUT2D eigenvalue weighted by molar-refractivity contribution is -0.00194. The minimum absolute atomic E-state index is 0.0665. The van der Waals surface area contributed by atoms with Gasteiger partial charge in [0.05, 0.1) is 25.3 Å². The summed E-state index contributed by atoms with van der Waals surface area (Å²) in [6, 6.07) is 16.0. The first kappa shape index (κ1) is 34.4. The molecule has 42 heavy (non-hydrogen) atoms. The largest absolute Gasteiger partial charge is 0.444 e. The molecule has 0 bridgehead atoms. The molecule has 0 aromatic heterocycles. The third kappa shape index (κ3) is 10.5. The summed E-state index contributed by atoms with van der Waals surface area (Å²) < 4.78 is 12.7. The van der Waals surface area contributed by atoms with E-state index in [0.717, 1.165) is 32.9 Å². The first-order chi connectivity index (χ1) is 19.5. The molecule has 2 N–H and O–H groups in total. The maximum Gasteiger partial charge on any atom is 0.410 e. The van der Waals surface area contributed by atoms with Crippen LogP contribution in [0.3, 0.4) is 0 Å². The number of likely N-dealkylation sites (tertiary alicyclic amines) is 2. The Kier molecular flexibility index (Phi) is 11.9. The van der Waals surface area contributed by atoms with Crippen molar-refractivity contribution in [2.45, 2.75) is 89.6 Å². The Bertz CT molecular complexity index is 1080.